The number of carbonyl (C=O) groups excluding carboxylic acids is 1. The molecule has 1 N–H and O–H groups in total. The summed E-state index contributed by atoms with van der Waals surface area (Å²) in [6.07, 6.45) is 5.78. The van der Waals surface area contributed by atoms with Gasteiger partial charge in [-0.05, 0) is 12.8 Å². The monoisotopic (exact) mass is 254 g/mol. The Morgan fingerprint density at radius 1 is 1.35 bits per heavy atom. The Kier molecular flexibility index (Phi) is 4.14. The number of hydrogen-bond acceptors (Lipinski definition) is 4. The topological polar surface area (TPSA) is 58.1 Å². The van der Waals surface area contributed by atoms with Crippen molar-refractivity contribution in [2.24, 2.45) is 0 Å². The second-order valence-corrected chi connectivity index (χ2v) is 4.43. The number of nitrogens with one attached hydrogen (secondary N) is 1. The fraction of sp³-hybridized carbons (Fsp3) is 0.545. The van der Waals surface area contributed by atoms with Crippen LogP contribution in [0.3, 0.4) is 0 Å². The molecule has 5 nitrogen and oxygen atoms in total. The summed E-state index contributed by atoms with van der Waals surface area (Å²) >= 11 is 5.67. The maximum absolute atomic E-state index is 11.7. The molecule has 0 spiro atoms. The van der Waals surface area contributed by atoms with Crippen LogP contribution < -0.4 is 5.32 Å². The van der Waals surface area contributed by atoms with Crippen LogP contribution in [0.25, 0.3) is 0 Å². The number of nitrogens with zero attached hydrogens (tertiary/aromatic N) is 3. The van der Waals surface area contributed by atoms with E-state index in [1.54, 1.807) is 0 Å². The van der Waals surface area contributed by atoms with E-state index in [0.29, 0.717) is 23.9 Å². The predicted molar refractivity (Wildman–Crippen MR) is 66.0 cm³/mol. The second-order valence-electron chi connectivity index (χ2n) is 3.99. The van der Waals surface area contributed by atoms with Gasteiger partial charge in [-0.25, -0.2) is 9.97 Å². The van der Waals surface area contributed by atoms with E-state index in [1.807, 2.05) is 4.90 Å². The zero-order valence-electron chi connectivity index (χ0n) is 9.53. The van der Waals surface area contributed by atoms with Gasteiger partial charge in [-0.1, -0.05) is 11.6 Å². The van der Waals surface area contributed by atoms with Gasteiger partial charge in [0.15, 0.2) is 0 Å². The summed E-state index contributed by atoms with van der Waals surface area (Å²) < 4.78 is 0. The first-order chi connectivity index (χ1) is 8.25. The van der Waals surface area contributed by atoms with Crippen LogP contribution in [0.5, 0.6) is 0 Å². The zero-order chi connectivity index (χ0) is 12.1. The van der Waals surface area contributed by atoms with Crippen molar-refractivity contribution in [2.45, 2.75) is 19.3 Å². The molecule has 1 fully saturated rings. The number of anilines is 1. The third-order valence-corrected chi connectivity index (χ3v) is 2.90. The quantitative estimate of drug-likeness (QED) is 0.886. The molecule has 1 aliphatic heterocycles. The van der Waals surface area contributed by atoms with Gasteiger partial charge in [-0.15, -0.1) is 0 Å². The standard InChI is InChI=1S/C11H15ClN4O/c12-9-7-14-11(15-8-9)13-4-3-10(17)16-5-1-2-6-16/h7-8H,1-6H2,(H,13,14,15). The van der Waals surface area contributed by atoms with Crippen LogP contribution in [0.4, 0.5) is 5.95 Å². The van der Waals surface area contributed by atoms with Crippen molar-refractivity contribution in [3.63, 3.8) is 0 Å². The Hall–Kier alpha value is -1.36. The highest BCUT2D eigenvalue weighted by Crippen LogP contribution is 2.09. The third-order valence-electron chi connectivity index (χ3n) is 2.70. The molecule has 0 bridgehead atoms. The van der Waals surface area contributed by atoms with Crippen LogP contribution in [0.1, 0.15) is 19.3 Å². The minimum Gasteiger partial charge on any atom is -0.354 e. The highest BCUT2D eigenvalue weighted by Gasteiger charge is 2.16. The van der Waals surface area contributed by atoms with Gasteiger partial charge in [0.05, 0.1) is 17.4 Å². The van der Waals surface area contributed by atoms with Gasteiger partial charge in [-0.2, -0.15) is 0 Å². The second kappa shape index (κ2) is 5.82. The third kappa shape index (κ3) is 3.56. The van der Waals surface area contributed by atoms with Crippen LogP contribution in [0.15, 0.2) is 12.4 Å². The Morgan fingerprint density at radius 3 is 2.65 bits per heavy atom. The van der Waals surface area contributed by atoms with Gasteiger partial charge >= 0.3 is 0 Å². The fourth-order valence-electron chi connectivity index (χ4n) is 1.81. The van der Waals surface area contributed by atoms with E-state index in [1.165, 1.54) is 12.4 Å². The lowest BCUT2D eigenvalue weighted by Crippen LogP contribution is -2.29. The molecule has 92 valence electrons. The molecule has 1 saturated heterocycles. The van der Waals surface area contributed by atoms with Gasteiger partial charge in [0.25, 0.3) is 0 Å². The van der Waals surface area contributed by atoms with Crippen molar-refractivity contribution in [3.8, 4) is 0 Å². The summed E-state index contributed by atoms with van der Waals surface area (Å²) in [6.45, 7) is 2.35. The SMILES string of the molecule is O=C(CCNc1ncc(Cl)cn1)N1CCCC1. The summed E-state index contributed by atoms with van der Waals surface area (Å²) in [7, 11) is 0. The molecule has 6 heteroatoms. The molecule has 1 aliphatic rings. The lowest BCUT2D eigenvalue weighted by atomic mass is 10.3. The minimum atomic E-state index is 0.198. The molecular weight excluding hydrogens is 240 g/mol. The van der Waals surface area contributed by atoms with Gasteiger partial charge in [-0.3, -0.25) is 4.79 Å². The molecule has 17 heavy (non-hydrogen) atoms. The Bertz CT molecular complexity index is 376. The normalized spacial score (nSPS) is 15.0. The summed E-state index contributed by atoms with van der Waals surface area (Å²) in [4.78, 5) is 21.6. The Balaban J connectivity index is 1.72. The molecule has 0 atom stereocenters. The number of amides is 1. The van der Waals surface area contributed by atoms with E-state index in [9.17, 15) is 4.79 Å². The minimum absolute atomic E-state index is 0.198. The summed E-state index contributed by atoms with van der Waals surface area (Å²) in [5.41, 5.74) is 0. The number of hydrogen-bond donors (Lipinski definition) is 1. The molecule has 1 aromatic rings. The van der Waals surface area contributed by atoms with Crippen molar-refractivity contribution in [3.05, 3.63) is 17.4 Å². The number of likely N-dealkylation sites (tertiary alicyclic amines) is 1. The first kappa shape index (κ1) is 12.1. The van der Waals surface area contributed by atoms with Gasteiger partial charge < -0.3 is 10.2 Å². The van der Waals surface area contributed by atoms with E-state index in [0.717, 1.165) is 25.9 Å². The summed E-state index contributed by atoms with van der Waals surface area (Å²) in [6, 6.07) is 0. The van der Waals surface area contributed by atoms with Crippen molar-refractivity contribution < 1.29 is 4.79 Å². The van der Waals surface area contributed by atoms with Crippen LogP contribution >= 0.6 is 11.6 Å². The molecular formula is C11H15ClN4O. The first-order valence-corrected chi connectivity index (χ1v) is 6.13. The number of aromatic nitrogens is 2. The van der Waals surface area contributed by atoms with Crippen LogP contribution in [0.2, 0.25) is 5.02 Å². The Labute approximate surface area is 105 Å². The van der Waals surface area contributed by atoms with Gasteiger partial charge in [0.2, 0.25) is 11.9 Å². The fourth-order valence-corrected chi connectivity index (χ4v) is 1.91. The van der Waals surface area contributed by atoms with E-state index in [-0.39, 0.29) is 5.91 Å². The van der Waals surface area contributed by atoms with E-state index in [2.05, 4.69) is 15.3 Å². The van der Waals surface area contributed by atoms with E-state index < -0.39 is 0 Å². The van der Waals surface area contributed by atoms with Crippen LogP contribution in [-0.4, -0.2) is 40.4 Å². The molecule has 0 unspecified atom stereocenters. The first-order valence-electron chi connectivity index (χ1n) is 5.75. The Morgan fingerprint density at radius 2 is 2.00 bits per heavy atom. The summed E-state index contributed by atoms with van der Waals surface area (Å²) in [5.74, 6) is 0.701. The van der Waals surface area contributed by atoms with Crippen molar-refractivity contribution in [1.29, 1.82) is 0 Å². The van der Waals surface area contributed by atoms with E-state index in [4.69, 9.17) is 11.6 Å². The van der Waals surface area contributed by atoms with Crippen LogP contribution in [0, 0.1) is 0 Å². The van der Waals surface area contributed by atoms with Crippen molar-refractivity contribution >= 4 is 23.5 Å². The molecule has 1 aromatic heterocycles. The molecule has 0 saturated carbocycles. The smallest absolute Gasteiger partial charge is 0.224 e. The van der Waals surface area contributed by atoms with Gasteiger partial charge in [0.1, 0.15) is 0 Å². The molecule has 0 aliphatic carbocycles. The highest BCUT2D eigenvalue weighted by molar-refractivity contribution is 6.30. The van der Waals surface area contributed by atoms with Crippen LogP contribution in [-0.2, 0) is 4.79 Å². The highest BCUT2D eigenvalue weighted by atomic mass is 35.5. The lowest BCUT2D eigenvalue weighted by Gasteiger charge is -2.15. The van der Waals surface area contributed by atoms with Crippen molar-refractivity contribution in [1.82, 2.24) is 14.9 Å². The molecule has 1 amide bonds. The predicted octanol–water partition coefficient (Wildman–Crippen LogP) is 1.55. The van der Waals surface area contributed by atoms with Crippen molar-refractivity contribution in [2.75, 3.05) is 25.0 Å². The zero-order valence-corrected chi connectivity index (χ0v) is 10.3. The maximum Gasteiger partial charge on any atom is 0.224 e. The average molecular weight is 255 g/mol. The average Bonchev–Trinajstić information content (AvgIpc) is 2.85. The molecule has 0 aromatic carbocycles. The lowest BCUT2D eigenvalue weighted by molar-refractivity contribution is -0.129. The summed E-state index contributed by atoms with van der Waals surface area (Å²) in [5, 5.41) is 3.50. The largest absolute Gasteiger partial charge is 0.354 e. The maximum atomic E-state index is 11.7. The van der Waals surface area contributed by atoms with Gasteiger partial charge in [0, 0.05) is 26.1 Å². The number of carbonyl (C=O) groups is 1. The van der Waals surface area contributed by atoms with E-state index >= 15 is 0 Å². The molecule has 2 heterocycles. The molecule has 0 radical (unpaired) electrons. The number of rotatable bonds is 4. The number of halogens is 1. The molecule has 2 rings (SSSR count).